The van der Waals surface area contributed by atoms with Crippen LogP contribution in [0.4, 0.5) is 22.7 Å². The summed E-state index contributed by atoms with van der Waals surface area (Å²) in [5, 5.41) is 7.07. The molecule has 0 radical (unpaired) electrons. The van der Waals surface area contributed by atoms with Gasteiger partial charge in [-0.25, -0.2) is 0 Å². The second kappa shape index (κ2) is 8.84. The molecule has 1 amide bonds. The Hall–Kier alpha value is -4.04. The fourth-order valence-corrected chi connectivity index (χ4v) is 4.14. The van der Waals surface area contributed by atoms with Crippen LogP contribution in [0.15, 0.2) is 71.8 Å². The summed E-state index contributed by atoms with van der Waals surface area (Å²) >= 11 is 0. The quantitative estimate of drug-likeness (QED) is 0.379. The van der Waals surface area contributed by atoms with Crippen molar-refractivity contribution in [2.24, 2.45) is 0 Å². The molecule has 1 saturated heterocycles. The van der Waals surface area contributed by atoms with E-state index in [0.717, 1.165) is 48.5 Å². The maximum absolute atomic E-state index is 13.1. The number of para-hydroxylation sites is 1. The minimum Gasteiger partial charge on any atom is -0.369 e. The van der Waals surface area contributed by atoms with Crippen LogP contribution in [0.25, 0.3) is 10.9 Å². The third kappa shape index (κ3) is 4.33. The highest BCUT2D eigenvalue weighted by Crippen LogP contribution is 2.27. The SMILES string of the molecule is CN1CCN(c2ccc(NC(=O)c3c(Nc4c[nH]c5ccccc45)cc[nH]c3=O)cc2)CC1. The average molecular weight is 443 g/mol. The molecule has 168 valence electrons. The van der Waals surface area contributed by atoms with Gasteiger partial charge in [0.15, 0.2) is 0 Å². The van der Waals surface area contributed by atoms with Gasteiger partial charge >= 0.3 is 0 Å². The molecule has 1 fully saturated rings. The van der Waals surface area contributed by atoms with E-state index in [4.69, 9.17) is 0 Å². The van der Waals surface area contributed by atoms with Gasteiger partial charge in [-0.3, -0.25) is 9.59 Å². The Kier molecular flexibility index (Phi) is 5.58. The zero-order valence-corrected chi connectivity index (χ0v) is 18.4. The number of aromatic amines is 2. The van der Waals surface area contributed by atoms with Gasteiger partial charge in [0.25, 0.3) is 11.5 Å². The molecule has 1 aliphatic heterocycles. The standard InChI is InChI=1S/C25H26N6O2/c1-30-12-14-31(15-13-30)18-8-6-17(7-9-18)28-25(33)23-21(10-11-26-24(23)32)29-22-16-27-20-5-3-2-4-19(20)22/h2-11,16,27H,12-15H2,1H3,(H,28,33)(H2,26,29,32). The number of nitrogens with one attached hydrogen (secondary N) is 4. The lowest BCUT2D eigenvalue weighted by atomic mass is 10.1. The normalized spacial score (nSPS) is 14.4. The Labute approximate surface area is 191 Å². The highest BCUT2D eigenvalue weighted by atomic mass is 16.2. The van der Waals surface area contributed by atoms with Crippen LogP contribution in [-0.4, -0.2) is 54.0 Å². The fraction of sp³-hybridized carbons (Fsp3) is 0.200. The van der Waals surface area contributed by atoms with E-state index in [9.17, 15) is 9.59 Å². The van der Waals surface area contributed by atoms with E-state index in [2.05, 4.69) is 37.4 Å². The third-order valence-electron chi connectivity index (χ3n) is 6.04. The first kappa shape index (κ1) is 20.8. The van der Waals surface area contributed by atoms with Gasteiger partial charge in [-0.15, -0.1) is 0 Å². The number of amides is 1. The van der Waals surface area contributed by atoms with E-state index < -0.39 is 11.5 Å². The van der Waals surface area contributed by atoms with Gasteiger partial charge in [0.05, 0.1) is 11.4 Å². The number of hydrogen-bond acceptors (Lipinski definition) is 5. The van der Waals surface area contributed by atoms with Crippen molar-refractivity contribution in [3.05, 3.63) is 82.9 Å². The van der Waals surface area contributed by atoms with E-state index in [1.54, 1.807) is 6.07 Å². The molecule has 2 aromatic carbocycles. The Bertz CT molecular complexity index is 1330. The third-order valence-corrected chi connectivity index (χ3v) is 6.04. The number of carbonyl (C=O) groups is 1. The molecular weight excluding hydrogens is 416 g/mol. The lowest BCUT2D eigenvalue weighted by Gasteiger charge is -2.34. The number of nitrogens with zero attached hydrogens (tertiary/aromatic N) is 2. The van der Waals surface area contributed by atoms with E-state index in [1.165, 1.54) is 6.20 Å². The largest absolute Gasteiger partial charge is 0.369 e. The van der Waals surface area contributed by atoms with Crippen molar-refractivity contribution in [3.8, 4) is 0 Å². The van der Waals surface area contributed by atoms with Gasteiger partial charge in [-0.1, -0.05) is 18.2 Å². The van der Waals surface area contributed by atoms with Crippen molar-refractivity contribution in [2.45, 2.75) is 0 Å². The van der Waals surface area contributed by atoms with Crippen LogP contribution in [-0.2, 0) is 0 Å². The molecule has 4 aromatic rings. The van der Waals surface area contributed by atoms with Gasteiger partial charge in [0.1, 0.15) is 5.56 Å². The molecule has 0 spiro atoms. The highest BCUT2D eigenvalue weighted by Gasteiger charge is 2.18. The molecule has 5 rings (SSSR count). The van der Waals surface area contributed by atoms with Crippen LogP contribution in [0.3, 0.4) is 0 Å². The van der Waals surface area contributed by atoms with Crippen LogP contribution >= 0.6 is 0 Å². The van der Waals surface area contributed by atoms with Gasteiger partial charge in [0.2, 0.25) is 0 Å². The molecule has 8 nitrogen and oxygen atoms in total. The van der Waals surface area contributed by atoms with Crippen molar-refractivity contribution in [1.82, 2.24) is 14.9 Å². The second-order valence-electron chi connectivity index (χ2n) is 8.26. The maximum Gasteiger partial charge on any atom is 0.263 e. The van der Waals surface area contributed by atoms with Gasteiger partial charge in [-0.05, 0) is 43.4 Å². The second-order valence-corrected chi connectivity index (χ2v) is 8.26. The molecule has 0 bridgehead atoms. The number of pyridine rings is 1. The minimum absolute atomic E-state index is 0.0333. The smallest absolute Gasteiger partial charge is 0.263 e. The van der Waals surface area contributed by atoms with Gasteiger partial charge in [-0.2, -0.15) is 0 Å². The molecule has 4 N–H and O–H groups in total. The topological polar surface area (TPSA) is 96.3 Å². The van der Waals surface area contributed by atoms with Crippen molar-refractivity contribution in [3.63, 3.8) is 0 Å². The number of piperazine rings is 1. The summed E-state index contributed by atoms with van der Waals surface area (Å²) in [5.41, 5.74) is 3.55. The lowest BCUT2D eigenvalue weighted by Crippen LogP contribution is -2.44. The van der Waals surface area contributed by atoms with E-state index >= 15 is 0 Å². The Balaban J connectivity index is 1.35. The highest BCUT2D eigenvalue weighted by molar-refractivity contribution is 6.08. The molecule has 0 saturated carbocycles. The monoisotopic (exact) mass is 442 g/mol. The first-order valence-electron chi connectivity index (χ1n) is 11.0. The molecule has 1 aliphatic rings. The molecular formula is C25H26N6O2. The summed E-state index contributed by atoms with van der Waals surface area (Å²) in [6, 6.07) is 17.3. The molecule has 0 unspecified atom stereocenters. The number of likely N-dealkylation sites (N-methyl/N-ethyl adjacent to an activating group) is 1. The van der Waals surface area contributed by atoms with Gasteiger partial charge < -0.3 is 30.4 Å². The number of rotatable bonds is 5. The molecule has 0 atom stereocenters. The van der Waals surface area contributed by atoms with Crippen molar-refractivity contribution in [1.29, 1.82) is 0 Å². The van der Waals surface area contributed by atoms with Crippen molar-refractivity contribution in [2.75, 3.05) is 48.8 Å². The van der Waals surface area contributed by atoms with E-state index in [1.807, 2.05) is 54.7 Å². The molecule has 2 aromatic heterocycles. The van der Waals surface area contributed by atoms with Crippen LogP contribution in [0.5, 0.6) is 0 Å². The summed E-state index contributed by atoms with van der Waals surface area (Å²) in [5.74, 6) is -0.466. The van der Waals surface area contributed by atoms with Crippen molar-refractivity contribution < 1.29 is 4.79 Å². The number of carbonyl (C=O) groups excluding carboxylic acids is 1. The number of aromatic nitrogens is 2. The van der Waals surface area contributed by atoms with Crippen LogP contribution in [0.1, 0.15) is 10.4 Å². The summed E-state index contributed by atoms with van der Waals surface area (Å²) in [6.07, 6.45) is 3.35. The van der Waals surface area contributed by atoms with Crippen LogP contribution < -0.4 is 21.1 Å². The zero-order valence-electron chi connectivity index (χ0n) is 18.4. The zero-order chi connectivity index (χ0) is 22.8. The van der Waals surface area contributed by atoms with E-state index in [0.29, 0.717) is 11.4 Å². The lowest BCUT2D eigenvalue weighted by molar-refractivity contribution is 0.102. The average Bonchev–Trinajstić information content (AvgIpc) is 3.23. The molecule has 0 aliphatic carbocycles. The maximum atomic E-state index is 13.1. The molecule has 33 heavy (non-hydrogen) atoms. The summed E-state index contributed by atoms with van der Waals surface area (Å²) in [6.45, 7) is 4.01. The van der Waals surface area contributed by atoms with Crippen LogP contribution in [0, 0.1) is 0 Å². The number of anilines is 4. The first-order valence-corrected chi connectivity index (χ1v) is 11.0. The predicted molar refractivity (Wildman–Crippen MR) is 133 cm³/mol. The fourth-order valence-electron chi connectivity index (χ4n) is 4.14. The number of benzene rings is 2. The predicted octanol–water partition coefficient (Wildman–Crippen LogP) is 3.60. The van der Waals surface area contributed by atoms with Gasteiger partial charge in [0, 0.05) is 60.9 Å². The van der Waals surface area contributed by atoms with E-state index in [-0.39, 0.29) is 5.56 Å². The number of H-pyrrole nitrogens is 2. The van der Waals surface area contributed by atoms with Crippen molar-refractivity contribution >= 4 is 39.6 Å². The summed E-state index contributed by atoms with van der Waals surface area (Å²) < 4.78 is 0. The number of hydrogen-bond donors (Lipinski definition) is 4. The minimum atomic E-state index is -0.466. The Morgan fingerprint density at radius 3 is 2.45 bits per heavy atom. The summed E-state index contributed by atoms with van der Waals surface area (Å²) in [7, 11) is 2.13. The molecule has 3 heterocycles. The summed E-state index contributed by atoms with van der Waals surface area (Å²) in [4.78, 5) is 36.1. The Morgan fingerprint density at radius 1 is 0.909 bits per heavy atom. The first-order chi connectivity index (χ1) is 16.1. The number of fused-ring (bicyclic) bond motifs is 1. The molecule has 8 heteroatoms. The van der Waals surface area contributed by atoms with Crippen LogP contribution in [0.2, 0.25) is 0 Å². The Morgan fingerprint density at radius 2 is 1.67 bits per heavy atom.